The third-order valence-electron chi connectivity index (χ3n) is 7.78. The number of nitrogens with one attached hydrogen (secondary N) is 1. The summed E-state index contributed by atoms with van der Waals surface area (Å²) < 4.78 is 13.0. The normalized spacial score (nSPS) is 18.8. The molecule has 9 heteroatoms. The standard InChI is InChI=1S/C27H37N5O4/c1-4-35-12-5-19(3)30-8-10-31(11-9-30)27(34)21-16-22-24(15-18(21)2)29-26(33)23-17-28-32(25(22)23)20-6-13-36-14-7-20/h15-17,19-20H,4-14H2,1-3H3,(H,29,33). The third-order valence-corrected chi connectivity index (χ3v) is 7.78. The quantitative estimate of drug-likeness (QED) is 0.507. The molecule has 0 aliphatic carbocycles. The van der Waals surface area contributed by atoms with Crippen molar-refractivity contribution in [2.24, 2.45) is 0 Å². The van der Waals surface area contributed by atoms with E-state index >= 15 is 0 Å². The molecule has 4 heterocycles. The van der Waals surface area contributed by atoms with Gasteiger partial charge in [-0.3, -0.25) is 19.2 Å². The van der Waals surface area contributed by atoms with Crippen molar-refractivity contribution in [1.82, 2.24) is 24.6 Å². The van der Waals surface area contributed by atoms with Gasteiger partial charge in [-0.1, -0.05) is 0 Å². The monoisotopic (exact) mass is 495 g/mol. The zero-order chi connectivity index (χ0) is 25.2. The van der Waals surface area contributed by atoms with E-state index in [4.69, 9.17) is 9.47 Å². The molecular weight excluding hydrogens is 458 g/mol. The highest BCUT2D eigenvalue weighted by molar-refractivity contribution is 6.07. The second-order valence-electron chi connectivity index (χ2n) is 10.0. The predicted molar refractivity (Wildman–Crippen MR) is 140 cm³/mol. The molecule has 1 amide bonds. The van der Waals surface area contributed by atoms with Gasteiger partial charge in [0, 0.05) is 69.6 Å². The lowest BCUT2D eigenvalue weighted by Gasteiger charge is -2.38. The lowest BCUT2D eigenvalue weighted by atomic mass is 10.0. The lowest BCUT2D eigenvalue weighted by molar-refractivity contribution is 0.0522. The van der Waals surface area contributed by atoms with Crippen molar-refractivity contribution in [1.29, 1.82) is 0 Å². The molecule has 1 atom stereocenters. The topological polar surface area (TPSA) is 92.7 Å². The largest absolute Gasteiger partial charge is 0.382 e. The van der Waals surface area contributed by atoms with Crippen molar-refractivity contribution in [2.75, 3.05) is 52.6 Å². The minimum Gasteiger partial charge on any atom is -0.382 e. The average molecular weight is 496 g/mol. The molecule has 9 nitrogen and oxygen atoms in total. The fourth-order valence-corrected chi connectivity index (χ4v) is 5.55. The fraction of sp³-hybridized carbons (Fsp3) is 0.593. The molecule has 1 aromatic carbocycles. The lowest BCUT2D eigenvalue weighted by Crippen LogP contribution is -2.51. The number of aromatic amines is 1. The van der Waals surface area contributed by atoms with Crippen LogP contribution in [0, 0.1) is 6.92 Å². The molecule has 2 aromatic heterocycles. The van der Waals surface area contributed by atoms with E-state index in [1.165, 1.54) is 0 Å². The van der Waals surface area contributed by atoms with Gasteiger partial charge in [-0.2, -0.15) is 5.10 Å². The SMILES string of the molecule is CCOCCC(C)N1CCN(C(=O)c2cc3c(cc2C)[nH]c(=O)c2cnn(C4CCOCC4)c23)CC1. The number of piperazine rings is 1. The van der Waals surface area contributed by atoms with E-state index in [-0.39, 0.29) is 17.5 Å². The highest BCUT2D eigenvalue weighted by Gasteiger charge is 2.27. The van der Waals surface area contributed by atoms with Crippen LogP contribution in [0.3, 0.4) is 0 Å². The first-order valence-electron chi connectivity index (χ1n) is 13.2. The smallest absolute Gasteiger partial charge is 0.259 e. The third kappa shape index (κ3) is 4.79. The Morgan fingerprint density at radius 3 is 2.67 bits per heavy atom. The van der Waals surface area contributed by atoms with Crippen molar-refractivity contribution in [3.8, 4) is 0 Å². The van der Waals surface area contributed by atoms with Gasteiger partial charge in [0.05, 0.1) is 28.7 Å². The molecular formula is C27H37N5O4. The van der Waals surface area contributed by atoms with Crippen molar-refractivity contribution in [3.05, 3.63) is 39.8 Å². The van der Waals surface area contributed by atoms with E-state index in [2.05, 4.69) is 21.9 Å². The van der Waals surface area contributed by atoms with Crippen LogP contribution in [0.2, 0.25) is 0 Å². The van der Waals surface area contributed by atoms with Gasteiger partial charge in [0.25, 0.3) is 11.5 Å². The maximum absolute atomic E-state index is 13.7. The maximum Gasteiger partial charge on any atom is 0.259 e. The number of H-pyrrole nitrogens is 1. The Bertz CT molecular complexity index is 1280. The van der Waals surface area contributed by atoms with Gasteiger partial charge in [-0.05, 0) is 57.7 Å². The number of aryl methyl sites for hydroxylation is 1. The molecule has 3 aromatic rings. The van der Waals surface area contributed by atoms with Crippen molar-refractivity contribution < 1.29 is 14.3 Å². The Balaban J connectivity index is 1.42. The second kappa shape index (κ2) is 10.7. The number of hydrogen-bond donors (Lipinski definition) is 1. The van der Waals surface area contributed by atoms with E-state index in [9.17, 15) is 9.59 Å². The molecule has 0 spiro atoms. The van der Waals surface area contributed by atoms with Crippen molar-refractivity contribution in [3.63, 3.8) is 0 Å². The number of aromatic nitrogens is 3. The minimum absolute atomic E-state index is 0.0486. The van der Waals surface area contributed by atoms with Crippen LogP contribution >= 0.6 is 0 Å². The Kier molecular flexibility index (Phi) is 7.41. The predicted octanol–water partition coefficient (Wildman–Crippen LogP) is 3.11. The number of fused-ring (bicyclic) bond motifs is 3. The van der Waals surface area contributed by atoms with Crippen LogP contribution in [0.1, 0.15) is 55.1 Å². The van der Waals surface area contributed by atoms with Crippen LogP contribution in [0.25, 0.3) is 21.8 Å². The summed E-state index contributed by atoms with van der Waals surface area (Å²) in [4.78, 5) is 33.9. The Hall–Kier alpha value is -2.75. The van der Waals surface area contributed by atoms with E-state index in [0.29, 0.717) is 43.3 Å². The number of ether oxygens (including phenoxy) is 2. The zero-order valence-corrected chi connectivity index (χ0v) is 21.6. The van der Waals surface area contributed by atoms with E-state index in [0.717, 1.165) is 67.5 Å². The first-order valence-corrected chi connectivity index (χ1v) is 13.2. The van der Waals surface area contributed by atoms with Crippen LogP contribution in [-0.4, -0.2) is 89.1 Å². The summed E-state index contributed by atoms with van der Waals surface area (Å²) in [6, 6.07) is 4.50. The molecule has 1 N–H and O–H groups in total. The number of benzene rings is 1. The highest BCUT2D eigenvalue weighted by Crippen LogP contribution is 2.30. The summed E-state index contributed by atoms with van der Waals surface area (Å²) in [6.45, 7) is 12.2. The first kappa shape index (κ1) is 24.9. The van der Waals surface area contributed by atoms with Crippen LogP contribution < -0.4 is 5.56 Å². The van der Waals surface area contributed by atoms with Gasteiger partial charge in [0.15, 0.2) is 0 Å². The van der Waals surface area contributed by atoms with Crippen LogP contribution in [0.4, 0.5) is 0 Å². The summed E-state index contributed by atoms with van der Waals surface area (Å²) in [6.07, 6.45) is 4.36. The molecule has 194 valence electrons. The van der Waals surface area contributed by atoms with Crippen LogP contribution in [-0.2, 0) is 9.47 Å². The van der Waals surface area contributed by atoms with Gasteiger partial charge in [0.2, 0.25) is 0 Å². The Labute approximate surface area is 211 Å². The van der Waals surface area contributed by atoms with Gasteiger partial charge in [-0.25, -0.2) is 0 Å². The summed E-state index contributed by atoms with van der Waals surface area (Å²) in [5.74, 6) is 0.0486. The van der Waals surface area contributed by atoms with Crippen LogP contribution in [0.5, 0.6) is 0 Å². The fourth-order valence-electron chi connectivity index (χ4n) is 5.55. The summed E-state index contributed by atoms with van der Waals surface area (Å²) in [5.41, 5.74) is 2.95. The molecule has 0 saturated carbocycles. The average Bonchev–Trinajstić information content (AvgIpc) is 3.35. The number of rotatable bonds is 7. The number of carbonyl (C=O) groups is 1. The van der Waals surface area contributed by atoms with Gasteiger partial charge >= 0.3 is 0 Å². The molecule has 0 bridgehead atoms. The molecule has 0 radical (unpaired) electrons. The zero-order valence-electron chi connectivity index (χ0n) is 21.6. The van der Waals surface area contributed by atoms with Crippen LogP contribution in [0.15, 0.2) is 23.1 Å². The number of pyridine rings is 1. The van der Waals surface area contributed by atoms with Gasteiger partial charge in [-0.15, -0.1) is 0 Å². The molecule has 2 fully saturated rings. The maximum atomic E-state index is 13.7. The summed E-state index contributed by atoms with van der Waals surface area (Å²) >= 11 is 0. The first-order chi connectivity index (χ1) is 17.5. The molecule has 1 unspecified atom stereocenters. The highest BCUT2D eigenvalue weighted by atomic mass is 16.5. The number of amides is 1. The Morgan fingerprint density at radius 2 is 1.94 bits per heavy atom. The van der Waals surface area contributed by atoms with E-state index in [1.54, 1.807) is 6.20 Å². The van der Waals surface area contributed by atoms with Crippen molar-refractivity contribution in [2.45, 2.75) is 52.1 Å². The van der Waals surface area contributed by atoms with Gasteiger partial charge in [0.1, 0.15) is 0 Å². The molecule has 2 aliphatic rings. The minimum atomic E-state index is -0.149. The van der Waals surface area contributed by atoms with E-state index in [1.807, 2.05) is 35.6 Å². The molecule has 36 heavy (non-hydrogen) atoms. The second-order valence-corrected chi connectivity index (χ2v) is 10.0. The van der Waals surface area contributed by atoms with Gasteiger partial charge < -0.3 is 19.4 Å². The number of nitrogens with zero attached hydrogens (tertiary/aromatic N) is 4. The number of carbonyl (C=O) groups excluding carboxylic acids is 1. The summed E-state index contributed by atoms with van der Waals surface area (Å²) in [5, 5.41) is 6.03. The van der Waals surface area contributed by atoms with Crippen molar-refractivity contribution >= 4 is 27.7 Å². The molecule has 5 rings (SSSR count). The number of hydrogen-bond acceptors (Lipinski definition) is 6. The molecule has 2 aliphatic heterocycles. The molecule has 2 saturated heterocycles. The van der Waals surface area contributed by atoms with E-state index < -0.39 is 0 Å². The Morgan fingerprint density at radius 1 is 1.19 bits per heavy atom. The summed E-state index contributed by atoms with van der Waals surface area (Å²) in [7, 11) is 0.